The largest absolute Gasteiger partial charge is 0.325 e. The number of anilines is 1. The molecule has 7 nitrogen and oxygen atoms in total. The van der Waals surface area contributed by atoms with E-state index in [2.05, 4.69) is 38.4 Å². The zero-order chi connectivity index (χ0) is 26.3. The topological polar surface area (TPSA) is 99.3 Å². The first kappa shape index (κ1) is 24.3. The molecule has 7 atom stereocenters. The average Bonchev–Trinajstić information content (AvgIpc) is 3.61. The van der Waals surface area contributed by atoms with Crippen molar-refractivity contribution < 1.29 is 18.8 Å². The van der Waals surface area contributed by atoms with Crippen molar-refractivity contribution in [1.29, 1.82) is 0 Å². The average molecular weight is 615 g/mol. The molecule has 6 unspecified atom stereocenters. The fourth-order valence-corrected chi connectivity index (χ4v) is 10.5. The third kappa shape index (κ3) is 3.65. The van der Waals surface area contributed by atoms with E-state index in [0.29, 0.717) is 5.69 Å². The molecular formula is C27H21BrFN3O4S2. The number of carbonyl (C=O) groups is 3. The predicted molar refractivity (Wildman–Crippen MR) is 144 cm³/mol. The van der Waals surface area contributed by atoms with Crippen molar-refractivity contribution in [2.45, 2.75) is 22.6 Å². The number of benzene rings is 2. The first-order valence-electron chi connectivity index (χ1n) is 12.4. The summed E-state index contributed by atoms with van der Waals surface area (Å²) in [6, 6.07) is 13.4. The number of aromatic nitrogens is 1. The number of hydrogen-bond acceptors (Lipinski definition) is 6. The van der Waals surface area contributed by atoms with Crippen LogP contribution in [0.5, 0.6) is 0 Å². The first-order valence-corrected chi connectivity index (χ1v) is 14.8. The third-order valence-electron chi connectivity index (χ3n) is 8.45. The van der Waals surface area contributed by atoms with Crippen molar-refractivity contribution in [3.8, 4) is 0 Å². The fraction of sp³-hybridized carbons (Fsp3) is 0.333. The lowest BCUT2D eigenvalue weighted by molar-refractivity contribution is -0.143. The van der Waals surface area contributed by atoms with Crippen molar-refractivity contribution in [2.24, 2.45) is 29.6 Å². The molecule has 4 aliphatic rings. The summed E-state index contributed by atoms with van der Waals surface area (Å²) < 4.78 is 14.1. The Kier molecular flexibility index (Phi) is 5.68. The van der Waals surface area contributed by atoms with Gasteiger partial charge >= 0.3 is 4.87 Å². The number of imide groups is 1. The molecule has 2 aromatic carbocycles. The molecule has 3 fully saturated rings. The fourth-order valence-electron chi connectivity index (χ4n) is 7.18. The molecule has 1 saturated heterocycles. The van der Waals surface area contributed by atoms with Gasteiger partial charge < -0.3 is 10.3 Å². The van der Waals surface area contributed by atoms with Crippen LogP contribution in [0.2, 0.25) is 0 Å². The molecule has 2 bridgehead atoms. The van der Waals surface area contributed by atoms with Crippen molar-refractivity contribution >= 4 is 62.4 Å². The van der Waals surface area contributed by atoms with E-state index in [1.165, 1.54) is 35.6 Å². The molecule has 1 aromatic heterocycles. The Morgan fingerprint density at radius 2 is 1.82 bits per heavy atom. The van der Waals surface area contributed by atoms with Crippen LogP contribution in [0, 0.1) is 35.4 Å². The van der Waals surface area contributed by atoms with Gasteiger partial charge in [-0.2, -0.15) is 0 Å². The number of rotatable bonds is 4. The second kappa shape index (κ2) is 8.89. The summed E-state index contributed by atoms with van der Waals surface area (Å²) in [7, 11) is 0. The van der Waals surface area contributed by atoms with E-state index in [4.69, 9.17) is 0 Å². The number of fused-ring (bicyclic) bond motifs is 9. The number of amides is 3. The van der Waals surface area contributed by atoms with E-state index in [1.807, 2.05) is 12.1 Å². The number of halogens is 2. The summed E-state index contributed by atoms with van der Waals surface area (Å²) in [4.78, 5) is 57.3. The molecular weight excluding hydrogens is 593 g/mol. The van der Waals surface area contributed by atoms with Gasteiger partial charge in [0.25, 0.3) is 0 Å². The molecule has 2 aliphatic heterocycles. The Hall–Kier alpha value is -2.76. The summed E-state index contributed by atoms with van der Waals surface area (Å²) in [5.41, 5.74) is 1.48. The second-order valence-electron chi connectivity index (χ2n) is 10.3. The minimum Gasteiger partial charge on any atom is -0.325 e. The minimum absolute atomic E-state index is 0.00665. The molecule has 0 radical (unpaired) electrons. The lowest BCUT2D eigenvalue weighted by atomic mass is 9.68. The van der Waals surface area contributed by atoms with Crippen LogP contribution in [0.1, 0.15) is 22.8 Å². The number of hydrogen-bond donors (Lipinski definition) is 2. The Morgan fingerprint density at radius 3 is 2.55 bits per heavy atom. The van der Waals surface area contributed by atoms with Gasteiger partial charge in [-0.25, -0.2) is 4.39 Å². The molecule has 2 N–H and O–H groups in total. The van der Waals surface area contributed by atoms with Crippen LogP contribution in [0.15, 0.2) is 62.8 Å². The molecule has 3 amide bonds. The molecule has 7 rings (SSSR count). The Morgan fingerprint density at radius 1 is 1.08 bits per heavy atom. The van der Waals surface area contributed by atoms with Gasteiger partial charge in [-0.15, -0.1) is 11.8 Å². The number of thiazole rings is 1. The van der Waals surface area contributed by atoms with Gasteiger partial charge in [0.05, 0.1) is 16.9 Å². The van der Waals surface area contributed by atoms with E-state index in [0.717, 1.165) is 31.3 Å². The molecule has 2 saturated carbocycles. The highest BCUT2D eigenvalue weighted by Gasteiger charge is 2.69. The summed E-state index contributed by atoms with van der Waals surface area (Å²) >= 11 is 6.44. The lowest BCUT2D eigenvalue weighted by Crippen LogP contribution is -2.42. The maximum absolute atomic E-state index is 13.6. The number of carbonyl (C=O) groups excluding carboxylic acids is 3. The van der Waals surface area contributed by atoms with Crippen molar-refractivity contribution in [1.82, 2.24) is 9.88 Å². The van der Waals surface area contributed by atoms with Gasteiger partial charge in [0, 0.05) is 26.2 Å². The standard InChI is InChI=1S/C27H21BrFN3O4S2/c28-12-3-1-2-11(8-12)18-19-15-9-16(22(19)37-24-23(18)38-27(36)31-24)21-20(15)25(34)32(26(21)35)10-17(33)30-14-6-4-13(29)5-7-14/h1-8,15-16,18-22H,9-10H2,(H,30,33)(H,31,36)/t15?,16?,18-,19?,20?,21?,22?/m1/s1. The third-order valence-corrected chi connectivity index (χ3v) is 11.5. The van der Waals surface area contributed by atoms with Gasteiger partial charge in [-0.3, -0.25) is 24.1 Å². The highest BCUT2D eigenvalue weighted by molar-refractivity contribution is 9.10. The summed E-state index contributed by atoms with van der Waals surface area (Å²) in [5.74, 6) is -2.37. The predicted octanol–water partition coefficient (Wildman–Crippen LogP) is 4.45. The zero-order valence-electron chi connectivity index (χ0n) is 19.7. The maximum atomic E-state index is 13.6. The van der Waals surface area contributed by atoms with E-state index in [1.54, 1.807) is 11.8 Å². The monoisotopic (exact) mass is 613 g/mol. The zero-order valence-corrected chi connectivity index (χ0v) is 22.9. The normalized spacial score (nSPS) is 30.8. The quantitative estimate of drug-likeness (QED) is 0.424. The molecule has 3 aromatic rings. The number of nitrogens with zero attached hydrogens (tertiary/aromatic N) is 1. The second-order valence-corrected chi connectivity index (χ2v) is 13.5. The number of nitrogens with one attached hydrogen (secondary N) is 2. The van der Waals surface area contributed by atoms with E-state index >= 15 is 0 Å². The Labute approximate surface area is 233 Å². The van der Waals surface area contributed by atoms with Crippen LogP contribution in [0.25, 0.3) is 0 Å². The molecule has 194 valence electrons. The van der Waals surface area contributed by atoms with Gasteiger partial charge in [-0.05, 0) is 66.1 Å². The molecule has 3 heterocycles. The van der Waals surface area contributed by atoms with Gasteiger partial charge in [0.2, 0.25) is 17.7 Å². The molecule has 2 aliphatic carbocycles. The van der Waals surface area contributed by atoms with Crippen LogP contribution in [0.4, 0.5) is 10.1 Å². The summed E-state index contributed by atoms with van der Waals surface area (Å²) in [6.45, 7) is -0.361. The number of aromatic amines is 1. The first-order chi connectivity index (χ1) is 18.3. The molecule has 0 spiro atoms. The van der Waals surface area contributed by atoms with E-state index in [-0.39, 0.29) is 52.2 Å². The van der Waals surface area contributed by atoms with Crippen LogP contribution in [-0.4, -0.2) is 39.4 Å². The minimum atomic E-state index is -0.496. The van der Waals surface area contributed by atoms with Gasteiger partial charge in [-0.1, -0.05) is 39.4 Å². The van der Waals surface area contributed by atoms with E-state index in [9.17, 15) is 23.6 Å². The van der Waals surface area contributed by atoms with Crippen LogP contribution >= 0.6 is 39.0 Å². The van der Waals surface area contributed by atoms with Gasteiger partial charge in [0.1, 0.15) is 12.4 Å². The number of H-pyrrole nitrogens is 1. The van der Waals surface area contributed by atoms with Crippen LogP contribution < -0.4 is 10.2 Å². The molecule has 11 heteroatoms. The Bertz CT molecular complexity index is 1560. The number of likely N-dealkylation sites (tertiary alicyclic amines) is 1. The maximum Gasteiger partial charge on any atom is 0.305 e. The summed E-state index contributed by atoms with van der Waals surface area (Å²) in [5, 5.41) is 3.60. The summed E-state index contributed by atoms with van der Waals surface area (Å²) in [6.07, 6.45) is 0.786. The van der Waals surface area contributed by atoms with Crippen molar-refractivity contribution in [3.05, 3.63) is 78.9 Å². The van der Waals surface area contributed by atoms with Crippen LogP contribution in [-0.2, 0) is 14.4 Å². The van der Waals surface area contributed by atoms with Crippen LogP contribution in [0.3, 0.4) is 0 Å². The van der Waals surface area contributed by atoms with Gasteiger partial charge in [0.15, 0.2) is 0 Å². The number of thioether (sulfide) groups is 1. The molecule has 38 heavy (non-hydrogen) atoms. The smallest absolute Gasteiger partial charge is 0.305 e. The lowest BCUT2D eigenvalue weighted by Gasteiger charge is -2.43. The van der Waals surface area contributed by atoms with E-state index < -0.39 is 23.6 Å². The SMILES string of the molecule is O=C(CN1C(=O)C2C3CC(C2C1=O)C1C3Sc2[nH]c(=O)sc2[C@@H]1c1cccc(Br)c1)Nc1ccc(F)cc1. The Balaban J connectivity index is 1.19. The highest BCUT2D eigenvalue weighted by atomic mass is 79.9. The van der Waals surface area contributed by atoms with Crippen molar-refractivity contribution in [3.63, 3.8) is 0 Å². The highest BCUT2D eigenvalue weighted by Crippen LogP contribution is 2.68. The van der Waals surface area contributed by atoms with Crippen molar-refractivity contribution in [2.75, 3.05) is 11.9 Å².